The lowest BCUT2D eigenvalue weighted by Gasteiger charge is -2.38. The van der Waals surface area contributed by atoms with Crippen LogP contribution in [0.4, 0.5) is 4.79 Å². The molecule has 1 heterocycles. The molecule has 6 heteroatoms. The zero-order valence-electron chi connectivity index (χ0n) is 11.2. The van der Waals surface area contributed by atoms with Gasteiger partial charge in [0.1, 0.15) is 0 Å². The number of amides is 3. The lowest BCUT2D eigenvalue weighted by atomic mass is 9.91. The van der Waals surface area contributed by atoms with Crippen molar-refractivity contribution in [2.75, 3.05) is 26.2 Å². The molecular formula is C12H24N4O2. The number of hydrogen-bond donors (Lipinski definition) is 3. The van der Waals surface area contributed by atoms with Gasteiger partial charge < -0.3 is 11.1 Å². The molecule has 1 aliphatic heterocycles. The van der Waals surface area contributed by atoms with E-state index < -0.39 is 6.03 Å². The van der Waals surface area contributed by atoms with Crippen LogP contribution in [0.15, 0.2) is 0 Å². The van der Waals surface area contributed by atoms with Crippen LogP contribution in [0.1, 0.15) is 26.7 Å². The van der Waals surface area contributed by atoms with Crippen LogP contribution in [0.5, 0.6) is 0 Å². The molecule has 104 valence electrons. The van der Waals surface area contributed by atoms with Crippen molar-refractivity contribution in [1.29, 1.82) is 0 Å². The minimum absolute atomic E-state index is 0.235. The van der Waals surface area contributed by atoms with Crippen LogP contribution in [0, 0.1) is 5.92 Å². The largest absolute Gasteiger partial charge is 0.338 e. The first-order valence-corrected chi connectivity index (χ1v) is 6.60. The van der Waals surface area contributed by atoms with Crippen molar-refractivity contribution >= 4 is 11.9 Å². The summed E-state index contributed by atoms with van der Waals surface area (Å²) in [6.45, 7) is 6.13. The molecule has 4 N–H and O–H groups in total. The van der Waals surface area contributed by atoms with E-state index in [1.54, 1.807) is 6.92 Å². The van der Waals surface area contributed by atoms with Gasteiger partial charge in [0.05, 0.1) is 6.54 Å². The summed E-state index contributed by atoms with van der Waals surface area (Å²) in [6, 6.07) is -0.199. The number of nitrogens with two attached hydrogens (primary N) is 1. The van der Waals surface area contributed by atoms with Gasteiger partial charge in [-0.1, -0.05) is 6.92 Å². The summed E-state index contributed by atoms with van der Waals surface area (Å²) >= 11 is 0. The van der Waals surface area contributed by atoms with E-state index in [2.05, 4.69) is 22.5 Å². The molecule has 0 saturated carbocycles. The fraction of sp³-hybridized carbons (Fsp3) is 0.833. The van der Waals surface area contributed by atoms with Crippen LogP contribution in [-0.4, -0.2) is 49.1 Å². The van der Waals surface area contributed by atoms with Crippen LogP contribution in [-0.2, 0) is 4.79 Å². The number of imide groups is 1. The zero-order valence-corrected chi connectivity index (χ0v) is 11.2. The highest BCUT2D eigenvalue weighted by atomic mass is 16.2. The number of carbonyl (C=O) groups excluding carboxylic acids is 2. The normalized spacial score (nSPS) is 24.6. The number of piperidine rings is 1. The number of carbonyl (C=O) groups is 2. The van der Waals surface area contributed by atoms with Gasteiger partial charge in [-0.25, -0.2) is 4.79 Å². The molecule has 1 rings (SSSR count). The van der Waals surface area contributed by atoms with E-state index in [0.29, 0.717) is 19.0 Å². The molecule has 0 aromatic carbocycles. The highest BCUT2D eigenvalue weighted by molar-refractivity contribution is 5.95. The smallest absolute Gasteiger partial charge is 0.321 e. The molecular weight excluding hydrogens is 232 g/mol. The van der Waals surface area contributed by atoms with Gasteiger partial charge in [0.25, 0.3) is 0 Å². The maximum atomic E-state index is 11.7. The molecule has 6 nitrogen and oxygen atoms in total. The number of likely N-dealkylation sites (tertiary alicyclic amines) is 1. The topological polar surface area (TPSA) is 87.5 Å². The van der Waals surface area contributed by atoms with Gasteiger partial charge >= 0.3 is 6.03 Å². The molecule has 18 heavy (non-hydrogen) atoms. The molecule has 2 unspecified atom stereocenters. The van der Waals surface area contributed by atoms with E-state index in [0.717, 1.165) is 19.4 Å². The third-order valence-corrected chi connectivity index (χ3v) is 3.41. The summed E-state index contributed by atoms with van der Waals surface area (Å²) in [6.07, 6.45) is 2.22. The molecule has 0 spiro atoms. The monoisotopic (exact) mass is 256 g/mol. The minimum Gasteiger partial charge on any atom is -0.338 e. The zero-order chi connectivity index (χ0) is 13.5. The second-order valence-corrected chi connectivity index (χ2v) is 4.80. The van der Waals surface area contributed by atoms with Gasteiger partial charge in [0.2, 0.25) is 5.91 Å². The van der Waals surface area contributed by atoms with Crippen molar-refractivity contribution < 1.29 is 9.59 Å². The molecule has 3 amide bonds. The van der Waals surface area contributed by atoms with Crippen molar-refractivity contribution in [1.82, 2.24) is 15.5 Å². The van der Waals surface area contributed by atoms with Gasteiger partial charge in [-0.15, -0.1) is 0 Å². The number of hydrogen-bond acceptors (Lipinski definition) is 4. The maximum absolute atomic E-state index is 11.7. The van der Waals surface area contributed by atoms with Gasteiger partial charge in [-0.2, -0.15) is 0 Å². The van der Waals surface area contributed by atoms with E-state index in [4.69, 9.17) is 5.73 Å². The first kappa shape index (κ1) is 14.9. The molecule has 2 atom stereocenters. The Hall–Kier alpha value is -1.14. The summed E-state index contributed by atoms with van der Waals surface area (Å²) in [4.78, 5) is 25.0. The van der Waals surface area contributed by atoms with Crippen LogP contribution < -0.4 is 16.4 Å². The predicted octanol–water partition coefficient (Wildman–Crippen LogP) is -0.109. The SMILES string of the molecule is CCNC(=O)NC(=O)CN1CCCC(C)C1CN. The average molecular weight is 256 g/mol. The highest BCUT2D eigenvalue weighted by Crippen LogP contribution is 2.21. The Bertz CT molecular complexity index is 296. The van der Waals surface area contributed by atoms with Crippen molar-refractivity contribution in [3.8, 4) is 0 Å². The minimum atomic E-state index is -0.433. The van der Waals surface area contributed by atoms with Crippen molar-refractivity contribution in [2.24, 2.45) is 11.7 Å². The fourth-order valence-corrected chi connectivity index (χ4v) is 2.47. The van der Waals surface area contributed by atoms with E-state index >= 15 is 0 Å². The van der Waals surface area contributed by atoms with Gasteiger partial charge in [-0.3, -0.25) is 15.0 Å². The predicted molar refractivity (Wildman–Crippen MR) is 70.0 cm³/mol. The Morgan fingerprint density at radius 2 is 2.17 bits per heavy atom. The maximum Gasteiger partial charge on any atom is 0.321 e. The van der Waals surface area contributed by atoms with E-state index in [-0.39, 0.29) is 18.5 Å². The summed E-state index contributed by atoms with van der Waals surface area (Å²) in [5.41, 5.74) is 5.76. The Balaban J connectivity index is 2.44. The Labute approximate surface area is 108 Å². The quantitative estimate of drug-likeness (QED) is 0.655. The van der Waals surface area contributed by atoms with Gasteiger partial charge in [0.15, 0.2) is 0 Å². The second kappa shape index (κ2) is 7.33. The summed E-state index contributed by atoms with van der Waals surface area (Å²) in [7, 11) is 0. The van der Waals surface area contributed by atoms with Gasteiger partial charge in [0, 0.05) is 19.1 Å². The number of nitrogens with zero attached hydrogens (tertiary/aromatic N) is 1. The summed E-state index contributed by atoms with van der Waals surface area (Å²) in [5, 5.41) is 4.85. The van der Waals surface area contributed by atoms with Crippen LogP contribution >= 0.6 is 0 Å². The molecule has 0 aromatic rings. The lowest BCUT2D eigenvalue weighted by molar-refractivity contribution is -0.122. The number of rotatable bonds is 4. The van der Waals surface area contributed by atoms with E-state index in [9.17, 15) is 9.59 Å². The summed E-state index contributed by atoms with van der Waals surface area (Å²) < 4.78 is 0. The van der Waals surface area contributed by atoms with Crippen molar-refractivity contribution in [2.45, 2.75) is 32.7 Å². The van der Waals surface area contributed by atoms with Crippen LogP contribution in [0.2, 0.25) is 0 Å². The Morgan fingerprint density at radius 3 is 2.78 bits per heavy atom. The molecule has 1 fully saturated rings. The van der Waals surface area contributed by atoms with E-state index in [1.165, 1.54) is 0 Å². The molecule has 0 bridgehead atoms. The van der Waals surface area contributed by atoms with Crippen LogP contribution in [0.3, 0.4) is 0 Å². The fourth-order valence-electron chi connectivity index (χ4n) is 2.47. The highest BCUT2D eigenvalue weighted by Gasteiger charge is 2.28. The number of nitrogens with one attached hydrogen (secondary N) is 2. The summed E-state index contributed by atoms with van der Waals surface area (Å²) in [5.74, 6) is 0.231. The lowest BCUT2D eigenvalue weighted by Crippen LogP contribution is -2.53. The molecule has 1 aliphatic rings. The molecule has 0 aromatic heterocycles. The van der Waals surface area contributed by atoms with Crippen molar-refractivity contribution in [3.05, 3.63) is 0 Å². The molecule has 0 aliphatic carbocycles. The molecule has 0 radical (unpaired) electrons. The van der Waals surface area contributed by atoms with Crippen LogP contribution in [0.25, 0.3) is 0 Å². The van der Waals surface area contributed by atoms with Crippen molar-refractivity contribution in [3.63, 3.8) is 0 Å². The third kappa shape index (κ3) is 4.27. The first-order valence-electron chi connectivity index (χ1n) is 6.60. The number of urea groups is 1. The van der Waals surface area contributed by atoms with Gasteiger partial charge in [-0.05, 0) is 32.2 Å². The Morgan fingerprint density at radius 1 is 1.44 bits per heavy atom. The third-order valence-electron chi connectivity index (χ3n) is 3.41. The molecule has 1 saturated heterocycles. The van der Waals surface area contributed by atoms with E-state index in [1.807, 2.05) is 0 Å². The standard InChI is InChI=1S/C12H24N4O2/c1-3-14-12(18)15-11(17)8-16-6-4-5-9(2)10(16)7-13/h9-10H,3-8,13H2,1-2H3,(H2,14,15,17,18). The first-order chi connectivity index (χ1) is 8.58. The average Bonchev–Trinajstić information content (AvgIpc) is 2.29. The Kier molecular flexibility index (Phi) is 6.07. The second-order valence-electron chi connectivity index (χ2n) is 4.80.